The van der Waals surface area contributed by atoms with Gasteiger partial charge >= 0.3 is 0 Å². The van der Waals surface area contributed by atoms with Gasteiger partial charge < -0.3 is 14.7 Å². The van der Waals surface area contributed by atoms with Gasteiger partial charge in [0.25, 0.3) is 5.91 Å². The highest BCUT2D eigenvalue weighted by Crippen LogP contribution is 2.20. The number of amides is 1. The summed E-state index contributed by atoms with van der Waals surface area (Å²) in [5.74, 6) is 2.54. The fourth-order valence-electron chi connectivity index (χ4n) is 3.61. The SMILES string of the molecule is Cc1nc(C(=O)N2CCCC2)cc(N2CCN(c3ccccn3)CC2)n1. The van der Waals surface area contributed by atoms with Crippen molar-refractivity contribution < 1.29 is 4.79 Å². The number of nitrogens with zero attached hydrogens (tertiary/aromatic N) is 6. The molecule has 0 spiro atoms. The molecule has 0 aromatic carbocycles. The van der Waals surface area contributed by atoms with E-state index in [0.29, 0.717) is 11.5 Å². The Morgan fingerprint density at radius 3 is 2.27 bits per heavy atom. The lowest BCUT2D eigenvalue weighted by Gasteiger charge is -2.36. The average Bonchev–Trinajstić information content (AvgIpc) is 3.22. The summed E-state index contributed by atoms with van der Waals surface area (Å²) in [6.07, 6.45) is 3.99. The molecule has 0 saturated carbocycles. The first-order valence-electron chi connectivity index (χ1n) is 9.26. The van der Waals surface area contributed by atoms with Crippen molar-refractivity contribution in [2.75, 3.05) is 49.1 Å². The lowest BCUT2D eigenvalue weighted by atomic mass is 10.2. The van der Waals surface area contributed by atoms with Crippen LogP contribution in [-0.4, -0.2) is 65.0 Å². The zero-order chi connectivity index (χ0) is 17.9. The summed E-state index contributed by atoms with van der Waals surface area (Å²) in [4.78, 5) is 32.5. The van der Waals surface area contributed by atoms with Crippen LogP contribution >= 0.6 is 0 Å². The Morgan fingerprint density at radius 1 is 0.923 bits per heavy atom. The normalized spacial score (nSPS) is 17.7. The molecule has 0 radical (unpaired) electrons. The van der Waals surface area contributed by atoms with Gasteiger partial charge in [0.15, 0.2) is 0 Å². The largest absolute Gasteiger partial charge is 0.353 e. The van der Waals surface area contributed by atoms with Crippen LogP contribution in [0.3, 0.4) is 0 Å². The van der Waals surface area contributed by atoms with Gasteiger partial charge in [-0.05, 0) is 31.9 Å². The minimum Gasteiger partial charge on any atom is -0.353 e. The maximum Gasteiger partial charge on any atom is 0.272 e. The molecule has 0 atom stereocenters. The van der Waals surface area contributed by atoms with E-state index >= 15 is 0 Å². The summed E-state index contributed by atoms with van der Waals surface area (Å²) in [6.45, 7) is 6.99. The molecule has 2 saturated heterocycles. The Kier molecular flexibility index (Phi) is 4.69. The van der Waals surface area contributed by atoms with Crippen LogP contribution in [0.25, 0.3) is 0 Å². The van der Waals surface area contributed by atoms with Gasteiger partial charge in [0.2, 0.25) is 0 Å². The van der Waals surface area contributed by atoms with Crippen molar-refractivity contribution >= 4 is 17.5 Å². The minimum absolute atomic E-state index is 0.0290. The highest BCUT2D eigenvalue weighted by molar-refractivity contribution is 5.93. The molecular formula is C19H24N6O. The third kappa shape index (κ3) is 3.47. The Balaban J connectivity index is 1.47. The summed E-state index contributed by atoms with van der Waals surface area (Å²) in [5, 5.41) is 0. The van der Waals surface area contributed by atoms with Crippen molar-refractivity contribution in [3.8, 4) is 0 Å². The molecule has 0 unspecified atom stereocenters. The molecule has 4 rings (SSSR count). The van der Waals surface area contributed by atoms with E-state index in [0.717, 1.165) is 63.7 Å². The Morgan fingerprint density at radius 2 is 1.62 bits per heavy atom. The smallest absolute Gasteiger partial charge is 0.272 e. The fraction of sp³-hybridized carbons (Fsp3) is 0.474. The zero-order valence-corrected chi connectivity index (χ0v) is 15.1. The fourth-order valence-corrected chi connectivity index (χ4v) is 3.61. The molecule has 7 nitrogen and oxygen atoms in total. The van der Waals surface area contributed by atoms with Crippen LogP contribution in [0.5, 0.6) is 0 Å². The number of likely N-dealkylation sites (tertiary alicyclic amines) is 1. The standard InChI is InChI=1S/C19H24N6O/c1-15-21-16(19(26)25-8-4-5-9-25)14-18(22-15)24-12-10-23(11-13-24)17-6-2-3-7-20-17/h2-3,6-7,14H,4-5,8-13H2,1H3. The van der Waals surface area contributed by atoms with E-state index in [1.807, 2.05) is 42.3 Å². The van der Waals surface area contributed by atoms with Crippen molar-refractivity contribution in [1.82, 2.24) is 19.9 Å². The molecule has 2 aliphatic rings. The molecular weight excluding hydrogens is 328 g/mol. The van der Waals surface area contributed by atoms with E-state index in [-0.39, 0.29) is 5.91 Å². The molecule has 0 bridgehead atoms. The van der Waals surface area contributed by atoms with Crippen LogP contribution in [0, 0.1) is 6.92 Å². The average molecular weight is 352 g/mol. The first-order valence-corrected chi connectivity index (χ1v) is 9.26. The summed E-state index contributed by atoms with van der Waals surface area (Å²) in [6, 6.07) is 7.84. The molecule has 4 heterocycles. The zero-order valence-electron chi connectivity index (χ0n) is 15.1. The molecule has 0 N–H and O–H groups in total. The number of aryl methyl sites for hydroxylation is 1. The number of hydrogen-bond donors (Lipinski definition) is 0. The topological polar surface area (TPSA) is 65.5 Å². The Hall–Kier alpha value is -2.70. The molecule has 0 aliphatic carbocycles. The molecule has 2 aliphatic heterocycles. The Labute approximate surface area is 153 Å². The highest BCUT2D eigenvalue weighted by atomic mass is 16.2. The summed E-state index contributed by atoms with van der Waals surface area (Å²) >= 11 is 0. The van der Waals surface area contributed by atoms with Crippen molar-refractivity contribution in [1.29, 1.82) is 0 Å². The maximum absolute atomic E-state index is 12.7. The predicted molar refractivity (Wildman–Crippen MR) is 101 cm³/mol. The summed E-state index contributed by atoms with van der Waals surface area (Å²) in [7, 11) is 0. The second-order valence-electron chi connectivity index (χ2n) is 6.82. The van der Waals surface area contributed by atoms with Gasteiger partial charge in [0.1, 0.15) is 23.2 Å². The maximum atomic E-state index is 12.7. The molecule has 7 heteroatoms. The molecule has 1 amide bonds. The van der Waals surface area contributed by atoms with E-state index in [1.165, 1.54) is 0 Å². The monoisotopic (exact) mass is 352 g/mol. The number of anilines is 2. The third-order valence-electron chi connectivity index (χ3n) is 5.01. The van der Waals surface area contributed by atoms with E-state index in [4.69, 9.17) is 0 Å². The lowest BCUT2D eigenvalue weighted by molar-refractivity contribution is 0.0786. The van der Waals surface area contributed by atoms with Crippen molar-refractivity contribution in [2.45, 2.75) is 19.8 Å². The number of pyridine rings is 1. The van der Waals surface area contributed by atoms with Gasteiger partial charge in [-0.2, -0.15) is 0 Å². The van der Waals surface area contributed by atoms with Gasteiger partial charge in [0.05, 0.1) is 0 Å². The first-order chi connectivity index (χ1) is 12.7. The molecule has 2 aromatic heterocycles. The quantitative estimate of drug-likeness (QED) is 0.838. The number of carbonyl (C=O) groups is 1. The number of aromatic nitrogens is 3. The van der Waals surface area contributed by atoms with E-state index < -0.39 is 0 Å². The number of hydrogen-bond acceptors (Lipinski definition) is 6. The molecule has 2 fully saturated rings. The minimum atomic E-state index is 0.0290. The van der Waals surface area contributed by atoms with Crippen molar-refractivity contribution in [2.24, 2.45) is 0 Å². The van der Waals surface area contributed by atoms with Crippen LogP contribution in [0.4, 0.5) is 11.6 Å². The van der Waals surface area contributed by atoms with E-state index in [1.54, 1.807) is 0 Å². The second kappa shape index (κ2) is 7.27. The molecule has 2 aromatic rings. The van der Waals surface area contributed by atoms with E-state index in [9.17, 15) is 4.79 Å². The summed E-state index contributed by atoms with van der Waals surface area (Å²) in [5.41, 5.74) is 0.515. The van der Waals surface area contributed by atoms with Crippen LogP contribution in [0.1, 0.15) is 29.2 Å². The van der Waals surface area contributed by atoms with Gasteiger partial charge in [-0.3, -0.25) is 4.79 Å². The Bertz CT molecular complexity index is 767. The number of carbonyl (C=O) groups excluding carboxylic acids is 1. The van der Waals surface area contributed by atoms with Crippen LogP contribution in [0.15, 0.2) is 30.5 Å². The van der Waals surface area contributed by atoms with Gasteiger partial charge in [-0.25, -0.2) is 15.0 Å². The van der Waals surface area contributed by atoms with Crippen molar-refractivity contribution in [3.05, 3.63) is 42.0 Å². The van der Waals surface area contributed by atoms with Crippen LogP contribution in [-0.2, 0) is 0 Å². The van der Waals surface area contributed by atoms with Crippen molar-refractivity contribution in [3.63, 3.8) is 0 Å². The molecule has 136 valence electrons. The van der Waals surface area contributed by atoms with E-state index in [2.05, 4.69) is 24.8 Å². The van der Waals surface area contributed by atoms with Gasteiger partial charge in [-0.15, -0.1) is 0 Å². The number of piperazine rings is 1. The van der Waals surface area contributed by atoms with Crippen LogP contribution < -0.4 is 9.80 Å². The third-order valence-corrected chi connectivity index (χ3v) is 5.01. The second-order valence-corrected chi connectivity index (χ2v) is 6.82. The van der Waals surface area contributed by atoms with Gasteiger partial charge in [-0.1, -0.05) is 6.07 Å². The first kappa shape index (κ1) is 16.8. The van der Waals surface area contributed by atoms with Crippen LogP contribution in [0.2, 0.25) is 0 Å². The lowest BCUT2D eigenvalue weighted by Crippen LogP contribution is -2.47. The summed E-state index contributed by atoms with van der Waals surface area (Å²) < 4.78 is 0. The number of rotatable bonds is 3. The highest BCUT2D eigenvalue weighted by Gasteiger charge is 2.24. The van der Waals surface area contributed by atoms with Gasteiger partial charge in [0, 0.05) is 51.5 Å². The predicted octanol–water partition coefficient (Wildman–Crippen LogP) is 1.74. The molecule has 26 heavy (non-hydrogen) atoms.